The number of benzene rings is 1. The summed E-state index contributed by atoms with van der Waals surface area (Å²) in [6.07, 6.45) is 3.06. The Bertz CT molecular complexity index is 572. The fraction of sp³-hybridized carbons (Fsp3) is 0.333. The minimum Gasteiger partial charge on any atom is -0.327 e. The molecule has 0 N–H and O–H groups in total. The summed E-state index contributed by atoms with van der Waals surface area (Å²) >= 11 is 0. The van der Waals surface area contributed by atoms with E-state index in [4.69, 9.17) is 0 Å². The summed E-state index contributed by atoms with van der Waals surface area (Å²) < 4.78 is 2.22. The molecule has 3 nitrogen and oxygen atoms in total. The van der Waals surface area contributed by atoms with Crippen molar-refractivity contribution in [1.29, 1.82) is 0 Å². The van der Waals surface area contributed by atoms with E-state index in [2.05, 4.69) is 21.7 Å². The quantitative estimate of drug-likeness (QED) is 0.756. The van der Waals surface area contributed by atoms with Crippen molar-refractivity contribution in [3.63, 3.8) is 0 Å². The van der Waals surface area contributed by atoms with Gasteiger partial charge in [-0.25, -0.2) is 4.98 Å². The number of fused-ring (bicyclic) bond motifs is 1. The Morgan fingerprint density at radius 3 is 2.83 bits per heavy atom. The molecule has 3 heteroatoms. The maximum absolute atomic E-state index is 11.2. The highest BCUT2D eigenvalue weighted by Crippen LogP contribution is 2.32. The Hall–Kier alpha value is -1.90. The zero-order valence-corrected chi connectivity index (χ0v) is 10.5. The standard InChI is InChI=1S/C15H16N2O/c1-11-14-13(10-18)8-5-9-17(14)15(16-11)12-6-3-2-4-7-12/h2-4,6-7,10,13H,5,8-9H2,1H3. The van der Waals surface area contributed by atoms with E-state index in [0.29, 0.717) is 0 Å². The lowest BCUT2D eigenvalue weighted by Crippen LogP contribution is -2.17. The van der Waals surface area contributed by atoms with Crippen LogP contribution in [0.5, 0.6) is 0 Å². The van der Waals surface area contributed by atoms with Gasteiger partial charge in [0.2, 0.25) is 0 Å². The zero-order valence-electron chi connectivity index (χ0n) is 10.5. The van der Waals surface area contributed by atoms with E-state index in [-0.39, 0.29) is 5.92 Å². The first-order valence-corrected chi connectivity index (χ1v) is 6.39. The first kappa shape index (κ1) is 11.2. The van der Waals surface area contributed by atoms with Gasteiger partial charge in [-0.05, 0) is 19.8 Å². The number of carbonyl (C=O) groups excluding carboxylic acids is 1. The molecule has 0 saturated carbocycles. The highest BCUT2D eigenvalue weighted by molar-refractivity contribution is 5.65. The maximum atomic E-state index is 11.2. The summed E-state index contributed by atoms with van der Waals surface area (Å²) in [5, 5.41) is 0. The van der Waals surface area contributed by atoms with Gasteiger partial charge in [-0.15, -0.1) is 0 Å². The van der Waals surface area contributed by atoms with Gasteiger partial charge in [0, 0.05) is 12.1 Å². The average molecular weight is 240 g/mol. The SMILES string of the molecule is Cc1nc(-c2ccccc2)n2c1C(C=O)CCC2. The molecule has 3 rings (SSSR count). The molecule has 0 bridgehead atoms. The van der Waals surface area contributed by atoms with Gasteiger partial charge in [-0.1, -0.05) is 30.3 Å². The molecule has 1 atom stereocenters. The van der Waals surface area contributed by atoms with Crippen LogP contribution in [0.2, 0.25) is 0 Å². The third-order valence-electron chi connectivity index (χ3n) is 3.64. The molecule has 2 heterocycles. The Labute approximate surface area is 106 Å². The number of hydrogen-bond acceptors (Lipinski definition) is 2. The van der Waals surface area contributed by atoms with Crippen LogP contribution >= 0.6 is 0 Å². The van der Waals surface area contributed by atoms with Gasteiger partial charge in [0.05, 0.1) is 17.3 Å². The molecule has 0 saturated heterocycles. The van der Waals surface area contributed by atoms with Gasteiger partial charge in [0.25, 0.3) is 0 Å². The Morgan fingerprint density at radius 2 is 2.11 bits per heavy atom. The summed E-state index contributed by atoms with van der Waals surface area (Å²) in [5.74, 6) is 1.01. The third kappa shape index (κ3) is 1.67. The number of aldehydes is 1. The van der Waals surface area contributed by atoms with E-state index in [9.17, 15) is 4.79 Å². The molecule has 0 fully saturated rings. The van der Waals surface area contributed by atoms with Crippen LogP contribution in [0.1, 0.15) is 30.1 Å². The Kier molecular flexibility index (Phi) is 2.74. The van der Waals surface area contributed by atoms with Gasteiger partial charge in [-0.2, -0.15) is 0 Å². The van der Waals surface area contributed by atoms with Crippen LogP contribution in [-0.2, 0) is 11.3 Å². The van der Waals surface area contributed by atoms with Crippen molar-refractivity contribution in [3.8, 4) is 11.4 Å². The predicted molar refractivity (Wildman–Crippen MR) is 70.4 cm³/mol. The number of aryl methyl sites for hydroxylation is 1. The number of rotatable bonds is 2. The summed E-state index contributed by atoms with van der Waals surface area (Å²) in [6, 6.07) is 10.2. The lowest BCUT2D eigenvalue weighted by atomic mass is 9.96. The normalized spacial score (nSPS) is 18.4. The molecule has 2 aromatic rings. The molecular formula is C15H16N2O. The Balaban J connectivity index is 2.16. The zero-order chi connectivity index (χ0) is 12.5. The molecule has 0 amide bonds. The maximum Gasteiger partial charge on any atom is 0.140 e. The molecule has 1 aliphatic rings. The van der Waals surface area contributed by atoms with Crippen LogP contribution in [0.15, 0.2) is 30.3 Å². The largest absolute Gasteiger partial charge is 0.327 e. The first-order valence-electron chi connectivity index (χ1n) is 6.39. The smallest absolute Gasteiger partial charge is 0.140 e. The van der Waals surface area contributed by atoms with E-state index in [1.807, 2.05) is 25.1 Å². The molecule has 1 aromatic carbocycles. The van der Waals surface area contributed by atoms with Crippen LogP contribution in [0.25, 0.3) is 11.4 Å². The highest BCUT2D eigenvalue weighted by atomic mass is 16.1. The van der Waals surface area contributed by atoms with E-state index < -0.39 is 0 Å². The molecule has 0 aliphatic carbocycles. The first-order chi connectivity index (χ1) is 8.81. The fourth-order valence-corrected chi connectivity index (χ4v) is 2.83. The van der Waals surface area contributed by atoms with Gasteiger partial charge < -0.3 is 9.36 Å². The lowest BCUT2D eigenvalue weighted by Gasteiger charge is -2.22. The molecule has 18 heavy (non-hydrogen) atoms. The molecule has 0 radical (unpaired) electrons. The van der Waals surface area contributed by atoms with Crippen molar-refractivity contribution >= 4 is 6.29 Å². The molecule has 1 unspecified atom stereocenters. The van der Waals surface area contributed by atoms with Crippen molar-refractivity contribution in [2.75, 3.05) is 0 Å². The lowest BCUT2D eigenvalue weighted by molar-refractivity contribution is -0.109. The molecular weight excluding hydrogens is 224 g/mol. The molecule has 0 spiro atoms. The monoisotopic (exact) mass is 240 g/mol. The van der Waals surface area contributed by atoms with E-state index >= 15 is 0 Å². The van der Waals surface area contributed by atoms with Crippen LogP contribution in [-0.4, -0.2) is 15.8 Å². The highest BCUT2D eigenvalue weighted by Gasteiger charge is 2.26. The minimum absolute atomic E-state index is 0.0173. The summed E-state index contributed by atoms with van der Waals surface area (Å²) in [6.45, 7) is 2.96. The number of imidazole rings is 1. The average Bonchev–Trinajstić information content (AvgIpc) is 2.77. The van der Waals surface area contributed by atoms with E-state index in [1.165, 1.54) is 0 Å². The van der Waals surface area contributed by atoms with E-state index in [1.54, 1.807) is 0 Å². The van der Waals surface area contributed by atoms with Crippen LogP contribution < -0.4 is 0 Å². The second kappa shape index (κ2) is 4.41. The second-order valence-electron chi connectivity index (χ2n) is 4.81. The van der Waals surface area contributed by atoms with Crippen LogP contribution in [0, 0.1) is 6.92 Å². The summed E-state index contributed by atoms with van der Waals surface area (Å²) in [4.78, 5) is 15.8. The van der Waals surface area contributed by atoms with Gasteiger partial charge in [-0.3, -0.25) is 0 Å². The van der Waals surface area contributed by atoms with Crippen molar-refractivity contribution in [2.24, 2.45) is 0 Å². The minimum atomic E-state index is 0.0173. The third-order valence-corrected chi connectivity index (χ3v) is 3.64. The topological polar surface area (TPSA) is 34.9 Å². The van der Waals surface area contributed by atoms with Crippen LogP contribution in [0.4, 0.5) is 0 Å². The van der Waals surface area contributed by atoms with Crippen molar-refractivity contribution in [1.82, 2.24) is 9.55 Å². The number of nitrogens with zero attached hydrogens (tertiary/aromatic N) is 2. The predicted octanol–water partition coefficient (Wildman–Crippen LogP) is 2.93. The van der Waals surface area contributed by atoms with Crippen molar-refractivity contribution < 1.29 is 4.79 Å². The summed E-state index contributed by atoms with van der Waals surface area (Å²) in [7, 11) is 0. The fourth-order valence-electron chi connectivity index (χ4n) is 2.83. The van der Waals surface area contributed by atoms with Crippen LogP contribution in [0.3, 0.4) is 0 Å². The van der Waals surface area contributed by atoms with Crippen molar-refractivity contribution in [2.45, 2.75) is 32.2 Å². The number of carbonyl (C=O) groups is 1. The number of hydrogen-bond donors (Lipinski definition) is 0. The number of aromatic nitrogens is 2. The Morgan fingerprint density at radius 1 is 1.33 bits per heavy atom. The molecule has 92 valence electrons. The van der Waals surface area contributed by atoms with Gasteiger partial charge >= 0.3 is 0 Å². The van der Waals surface area contributed by atoms with E-state index in [0.717, 1.165) is 48.4 Å². The molecule has 1 aliphatic heterocycles. The van der Waals surface area contributed by atoms with Gasteiger partial charge in [0.15, 0.2) is 0 Å². The van der Waals surface area contributed by atoms with Crippen molar-refractivity contribution in [3.05, 3.63) is 41.7 Å². The van der Waals surface area contributed by atoms with Gasteiger partial charge in [0.1, 0.15) is 12.1 Å². The summed E-state index contributed by atoms with van der Waals surface area (Å²) in [5.41, 5.74) is 3.22. The second-order valence-corrected chi connectivity index (χ2v) is 4.81. The molecule has 1 aromatic heterocycles.